The Morgan fingerprint density at radius 3 is 2.55 bits per heavy atom. The first-order chi connectivity index (χ1) is 17.9. The normalized spacial score (nSPS) is 19.3. The Morgan fingerprint density at radius 2 is 1.92 bits per heavy atom. The number of rotatable bonds is 5. The molecule has 1 unspecified atom stereocenters. The number of nitrogens with zero attached hydrogens (tertiary/aromatic N) is 6. The fraction of sp³-hybridized carbons (Fsp3) is 0.565. The van der Waals surface area contributed by atoms with Gasteiger partial charge in [-0.15, -0.1) is 0 Å². The molecule has 11 nitrogen and oxygen atoms in total. The number of amides is 3. The number of alkyl halides is 4. The highest BCUT2D eigenvalue weighted by atomic mass is 19.3. The standard InChI is InChI=1S/C17H18F2N8O3.C6H10F2/c1-9-14(25-30-24-9)15(28)20-5-12-6-27-13(23-12)3-11(4-22-27)10(2)26-8-17(18,19)7-21-16(26)29;7-6(8)4-2-1-3-5-6/h3-4,6,10H,5,7-8H2,1-2H3,(H,20,28)(H,21,29);1-5H2. The maximum absolute atomic E-state index is 13.7. The average Bonchev–Trinajstić information content (AvgIpc) is 3.49. The molecule has 15 heteroatoms. The van der Waals surface area contributed by atoms with Crippen molar-refractivity contribution in [1.29, 1.82) is 0 Å². The number of imidazole rings is 1. The third-order valence-corrected chi connectivity index (χ3v) is 6.38. The molecule has 5 rings (SSSR count). The summed E-state index contributed by atoms with van der Waals surface area (Å²) in [6, 6.07) is 0.475. The van der Waals surface area contributed by atoms with Gasteiger partial charge in [-0.25, -0.2) is 36.5 Å². The molecule has 2 fully saturated rings. The molecule has 0 aromatic carbocycles. The summed E-state index contributed by atoms with van der Waals surface area (Å²) in [6.45, 7) is 2.01. The lowest BCUT2D eigenvalue weighted by molar-refractivity contribution is -0.0428. The molecule has 1 aliphatic carbocycles. The zero-order chi connectivity index (χ0) is 27.5. The summed E-state index contributed by atoms with van der Waals surface area (Å²) in [5.41, 5.74) is 1.99. The third kappa shape index (κ3) is 6.55. The van der Waals surface area contributed by atoms with E-state index in [9.17, 15) is 27.2 Å². The van der Waals surface area contributed by atoms with Crippen LogP contribution >= 0.6 is 0 Å². The van der Waals surface area contributed by atoms with Crippen molar-refractivity contribution < 1.29 is 31.8 Å². The molecule has 2 aliphatic rings. The van der Waals surface area contributed by atoms with Gasteiger partial charge in [0.15, 0.2) is 11.3 Å². The number of hydrogen-bond acceptors (Lipinski definition) is 7. The van der Waals surface area contributed by atoms with Crippen molar-refractivity contribution in [3.63, 3.8) is 0 Å². The summed E-state index contributed by atoms with van der Waals surface area (Å²) < 4.78 is 57.8. The van der Waals surface area contributed by atoms with E-state index in [-0.39, 0.29) is 25.1 Å². The zero-order valence-electron chi connectivity index (χ0n) is 20.9. The highest BCUT2D eigenvalue weighted by Crippen LogP contribution is 2.32. The van der Waals surface area contributed by atoms with Crippen molar-refractivity contribution in [2.45, 2.75) is 70.4 Å². The lowest BCUT2D eigenvalue weighted by Crippen LogP contribution is -2.57. The Balaban J connectivity index is 0.000000360. The van der Waals surface area contributed by atoms with Gasteiger partial charge < -0.3 is 15.5 Å². The maximum atomic E-state index is 13.7. The molecule has 1 saturated heterocycles. The Morgan fingerprint density at radius 1 is 1.18 bits per heavy atom. The Bertz CT molecular complexity index is 1290. The first-order valence-corrected chi connectivity index (χ1v) is 12.2. The van der Waals surface area contributed by atoms with E-state index in [1.165, 1.54) is 10.7 Å². The van der Waals surface area contributed by atoms with Crippen molar-refractivity contribution in [1.82, 2.24) is 40.4 Å². The van der Waals surface area contributed by atoms with Crippen LogP contribution in [0.25, 0.3) is 5.65 Å². The molecule has 3 aromatic heterocycles. The molecule has 38 heavy (non-hydrogen) atoms. The lowest BCUT2D eigenvalue weighted by Gasteiger charge is -2.36. The lowest BCUT2D eigenvalue weighted by atomic mass is 9.97. The fourth-order valence-corrected chi connectivity index (χ4v) is 4.19. The van der Waals surface area contributed by atoms with Gasteiger partial charge in [-0.3, -0.25) is 4.79 Å². The van der Waals surface area contributed by atoms with E-state index in [0.29, 0.717) is 35.4 Å². The molecule has 0 bridgehead atoms. The molecule has 3 amide bonds. The quantitative estimate of drug-likeness (QED) is 0.473. The van der Waals surface area contributed by atoms with Crippen molar-refractivity contribution in [3.8, 4) is 0 Å². The average molecular weight is 541 g/mol. The van der Waals surface area contributed by atoms with Crippen LogP contribution in [0.5, 0.6) is 0 Å². The van der Waals surface area contributed by atoms with Gasteiger partial charge in [0.05, 0.1) is 43.8 Å². The number of carbonyl (C=O) groups is 2. The Kier molecular flexibility index (Phi) is 7.83. The van der Waals surface area contributed by atoms with Gasteiger partial charge in [-0.05, 0) is 43.5 Å². The molecular weight excluding hydrogens is 512 g/mol. The van der Waals surface area contributed by atoms with E-state index in [4.69, 9.17) is 0 Å². The van der Waals surface area contributed by atoms with Gasteiger partial charge >= 0.3 is 6.03 Å². The summed E-state index contributed by atoms with van der Waals surface area (Å²) in [4.78, 5) is 29.6. The molecule has 206 valence electrons. The number of halogens is 4. The molecule has 0 spiro atoms. The highest BCUT2D eigenvalue weighted by molar-refractivity contribution is 5.92. The van der Waals surface area contributed by atoms with Crippen LogP contribution in [0.2, 0.25) is 0 Å². The topological polar surface area (TPSA) is 131 Å². The van der Waals surface area contributed by atoms with Crippen LogP contribution < -0.4 is 10.6 Å². The van der Waals surface area contributed by atoms with Crippen LogP contribution in [0.4, 0.5) is 22.4 Å². The minimum absolute atomic E-state index is 0.0876. The third-order valence-electron chi connectivity index (χ3n) is 6.38. The van der Waals surface area contributed by atoms with E-state index in [1.54, 1.807) is 26.1 Å². The monoisotopic (exact) mass is 540 g/mol. The Labute approximate surface area is 214 Å². The van der Waals surface area contributed by atoms with Crippen molar-refractivity contribution in [3.05, 3.63) is 41.1 Å². The Hall–Kier alpha value is -3.78. The van der Waals surface area contributed by atoms with Gasteiger partial charge in [0.1, 0.15) is 5.69 Å². The predicted octanol–water partition coefficient (Wildman–Crippen LogP) is 3.66. The first kappa shape index (κ1) is 27.3. The maximum Gasteiger partial charge on any atom is 0.318 e. The smallest absolute Gasteiger partial charge is 0.318 e. The number of hydrogen-bond donors (Lipinski definition) is 2. The van der Waals surface area contributed by atoms with Crippen LogP contribution in [0.3, 0.4) is 0 Å². The fourth-order valence-electron chi connectivity index (χ4n) is 4.19. The van der Waals surface area contributed by atoms with Crippen molar-refractivity contribution in [2.75, 3.05) is 13.1 Å². The van der Waals surface area contributed by atoms with Gasteiger partial charge in [-0.2, -0.15) is 5.10 Å². The number of nitrogens with one attached hydrogen (secondary N) is 2. The van der Waals surface area contributed by atoms with E-state index in [0.717, 1.165) is 11.3 Å². The molecule has 4 heterocycles. The van der Waals surface area contributed by atoms with Crippen LogP contribution in [0.15, 0.2) is 23.1 Å². The summed E-state index contributed by atoms with van der Waals surface area (Å²) in [7, 11) is 0. The summed E-state index contributed by atoms with van der Waals surface area (Å²) in [5.74, 6) is -5.78. The minimum atomic E-state index is -3.00. The van der Waals surface area contributed by atoms with E-state index >= 15 is 0 Å². The van der Waals surface area contributed by atoms with Crippen LogP contribution in [0, 0.1) is 6.92 Å². The van der Waals surface area contributed by atoms with E-state index in [1.807, 2.05) is 0 Å². The summed E-state index contributed by atoms with van der Waals surface area (Å²) >= 11 is 0. The van der Waals surface area contributed by atoms with Crippen LogP contribution in [-0.2, 0) is 6.54 Å². The minimum Gasteiger partial charge on any atom is -0.345 e. The number of urea groups is 1. The predicted molar refractivity (Wildman–Crippen MR) is 125 cm³/mol. The summed E-state index contributed by atoms with van der Waals surface area (Å²) in [6.07, 6.45) is 5.78. The second-order valence-electron chi connectivity index (χ2n) is 9.44. The SMILES string of the molecule is Cc1nonc1C(=O)NCc1cn2ncc(C(C)N3CC(F)(F)CNC3=O)cc2n1.FC1(F)CCCCC1. The van der Waals surface area contributed by atoms with Gasteiger partial charge in [-0.1, -0.05) is 11.6 Å². The molecule has 3 aromatic rings. The number of aromatic nitrogens is 5. The molecule has 1 atom stereocenters. The molecular formula is C23H28F4N8O3. The number of carbonyl (C=O) groups excluding carboxylic acids is 2. The number of aryl methyl sites for hydroxylation is 1. The second kappa shape index (κ2) is 10.9. The van der Waals surface area contributed by atoms with Crippen molar-refractivity contribution in [2.24, 2.45) is 0 Å². The van der Waals surface area contributed by atoms with Crippen LogP contribution in [0.1, 0.15) is 72.5 Å². The van der Waals surface area contributed by atoms with Gasteiger partial charge in [0.25, 0.3) is 11.8 Å². The zero-order valence-corrected chi connectivity index (χ0v) is 20.9. The number of fused-ring (bicyclic) bond motifs is 1. The van der Waals surface area contributed by atoms with Gasteiger partial charge in [0.2, 0.25) is 5.92 Å². The summed E-state index contributed by atoms with van der Waals surface area (Å²) in [5, 5.41) is 16.2. The molecule has 1 aliphatic heterocycles. The highest BCUT2D eigenvalue weighted by Gasteiger charge is 2.41. The van der Waals surface area contributed by atoms with E-state index < -0.39 is 42.9 Å². The molecule has 2 N–H and O–H groups in total. The molecule has 0 radical (unpaired) electrons. The van der Waals surface area contributed by atoms with Gasteiger partial charge in [0, 0.05) is 12.8 Å². The second-order valence-corrected chi connectivity index (χ2v) is 9.44. The van der Waals surface area contributed by atoms with E-state index in [2.05, 4.69) is 35.7 Å². The molecule has 1 saturated carbocycles. The van der Waals surface area contributed by atoms with Crippen LogP contribution in [-0.4, -0.2) is 66.7 Å². The van der Waals surface area contributed by atoms with Crippen molar-refractivity contribution >= 4 is 17.6 Å². The first-order valence-electron chi connectivity index (χ1n) is 12.2. The largest absolute Gasteiger partial charge is 0.345 e.